The van der Waals surface area contributed by atoms with Gasteiger partial charge in [-0.2, -0.15) is 0 Å². The molecule has 0 aromatic rings. The number of ether oxygens (including phenoxy) is 2. The fourth-order valence-electron chi connectivity index (χ4n) is 1.04. The van der Waals surface area contributed by atoms with Crippen LogP contribution in [0.4, 0.5) is 0 Å². The number of halogens is 1. The van der Waals surface area contributed by atoms with Gasteiger partial charge in [-0.15, -0.1) is 0 Å². The summed E-state index contributed by atoms with van der Waals surface area (Å²) in [7, 11) is 1.44. The molecule has 0 radical (unpaired) electrons. The van der Waals surface area contributed by atoms with Gasteiger partial charge in [0.05, 0.1) is 6.10 Å². The highest BCUT2D eigenvalue weighted by atomic mass is 127. The van der Waals surface area contributed by atoms with Crippen LogP contribution < -0.4 is 0 Å². The van der Waals surface area contributed by atoms with Crippen molar-refractivity contribution in [2.75, 3.05) is 11.5 Å². The Bertz CT molecular complexity index is 114. The molecule has 0 aromatic heterocycles. The van der Waals surface area contributed by atoms with E-state index in [1.165, 1.54) is 7.11 Å². The monoisotopic (exact) mass is 274 g/mol. The predicted octanol–water partition coefficient (Wildman–Crippen LogP) is -0.486. The van der Waals surface area contributed by atoms with E-state index in [9.17, 15) is 10.2 Å². The molecule has 1 heterocycles. The van der Waals surface area contributed by atoms with Gasteiger partial charge in [-0.1, -0.05) is 22.6 Å². The van der Waals surface area contributed by atoms with Gasteiger partial charge in [-0.3, -0.25) is 0 Å². The van der Waals surface area contributed by atoms with Crippen molar-refractivity contribution in [3.05, 3.63) is 0 Å². The maximum Gasteiger partial charge on any atom is 0.186 e. The normalized spacial score (nSPS) is 44.7. The summed E-state index contributed by atoms with van der Waals surface area (Å²) < 4.78 is 10.6. The molecule has 5 heteroatoms. The van der Waals surface area contributed by atoms with Crippen LogP contribution in [0, 0.1) is 0 Å². The smallest absolute Gasteiger partial charge is 0.186 e. The Balaban J connectivity index is 2.53. The van der Waals surface area contributed by atoms with Crippen molar-refractivity contribution in [3.63, 3.8) is 0 Å². The quantitative estimate of drug-likeness (QED) is 0.527. The average molecular weight is 274 g/mol. The average Bonchev–Trinajstić information content (AvgIpc) is 2.30. The fraction of sp³-hybridized carbons (Fsp3) is 1.00. The van der Waals surface area contributed by atoms with E-state index in [0.717, 1.165) is 0 Å². The van der Waals surface area contributed by atoms with Gasteiger partial charge in [0.1, 0.15) is 12.2 Å². The zero-order valence-electron chi connectivity index (χ0n) is 6.11. The van der Waals surface area contributed by atoms with Crippen LogP contribution in [0.15, 0.2) is 0 Å². The Labute approximate surface area is 78.6 Å². The lowest BCUT2D eigenvalue weighted by atomic mass is 10.2. The molecular formula is C6H11IO4. The molecule has 0 aromatic carbocycles. The van der Waals surface area contributed by atoms with Gasteiger partial charge in [-0.05, 0) is 0 Å². The van der Waals surface area contributed by atoms with Crippen LogP contribution in [-0.2, 0) is 9.47 Å². The minimum Gasteiger partial charge on any atom is -0.387 e. The van der Waals surface area contributed by atoms with Crippen molar-refractivity contribution in [1.82, 2.24) is 0 Å². The van der Waals surface area contributed by atoms with Gasteiger partial charge in [0.25, 0.3) is 0 Å². The van der Waals surface area contributed by atoms with Gasteiger partial charge in [0.15, 0.2) is 6.29 Å². The molecule has 0 unspecified atom stereocenters. The molecule has 1 aliphatic rings. The number of hydrogen-bond donors (Lipinski definition) is 2. The summed E-state index contributed by atoms with van der Waals surface area (Å²) in [6.07, 6.45) is -2.73. The van der Waals surface area contributed by atoms with Crippen molar-refractivity contribution >= 4 is 22.6 Å². The lowest BCUT2D eigenvalue weighted by Crippen LogP contribution is -2.33. The van der Waals surface area contributed by atoms with Crippen molar-refractivity contribution < 1.29 is 19.7 Å². The molecule has 0 bridgehead atoms. The summed E-state index contributed by atoms with van der Waals surface area (Å²) in [6, 6.07) is 0. The van der Waals surface area contributed by atoms with Crippen LogP contribution >= 0.6 is 22.6 Å². The number of alkyl halides is 1. The molecule has 1 rings (SSSR count). The second-order valence-corrected chi connectivity index (χ2v) is 3.29. The Morgan fingerprint density at radius 1 is 1.45 bits per heavy atom. The molecule has 4 atom stereocenters. The molecule has 1 aliphatic heterocycles. The minimum atomic E-state index is -0.917. The van der Waals surface area contributed by atoms with E-state index in [-0.39, 0.29) is 6.10 Å². The molecule has 11 heavy (non-hydrogen) atoms. The number of aliphatic hydroxyl groups is 2. The third-order valence-corrected chi connectivity index (χ3v) is 2.57. The molecule has 1 saturated heterocycles. The molecule has 4 nitrogen and oxygen atoms in total. The van der Waals surface area contributed by atoms with Crippen LogP contribution in [0.5, 0.6) is 0 Å². The highest BCUT2D eigenvalue weighted by Gasteiger charge is 2.42. The lowest BCUT2D eigenvalue weighted by molar-refractivity contribution is -0.145. The molecule has 0 saturated carbocycles. The lowest BCUT2D eigenvalue weighted by Gasteiger charge is -2.11. The van der Waals surface area contributed by atoms with Crippen molar-refractivity contribution in [2.24, 2.45) is 0 Å². The van der Waals surface area contributed by atoms with Crippen molar-refractivity contribution in [2.45, 2.75) is 24.6 Å². The van der Waals surface area contributed by atoms with Gasteiger partial charge >= 0.3 is 0 Å². The highest BCUT2D eigenvalue weighted by Crippen LogP contribution is 2.22. The molecular weight excluding hydrogens is 263 g/mol. The van der Waals surface area contributed by atoms with Gasteiger partial charge < -0.3 is 19.7 Å². The Kier molecular flexibility index (Phi) is 3.51. The SMILES string of the molecule is CO[C@@H]1O[C@H](CI)[C@H](O)[C@H]1O. The van der Waals surface area contributed by atoms with Crippen LogP contribution in [-0.4, -0.2) is 46.4 Å². The molecule has 0 amide bonds. The highest BCUT2D eigenvalue weighted by molar-refractivity contribution is 14.1. The van der Waals surface area contributed by atoms with Crippen LogP contribution in [0.3, 0.4) is 0 Å². The Hall–Kier alpha value is 0.570. The maximum absolute atomic E-state index is 9.30. The summed E-state index contributed by atoms with van der Waals surface area (Å²) in [4.78, 5) is 0. The van der Waals surface area contributed by atoms with E-state index < -0.39 is 18.5 Å². The summed E-state index contributed by atoms with van der Waals surface area (Å²) >= 11 is 2.09. The van der Waals surface area contributed by atoms with Crippen LogP contribution in [0.1, 0.15) is 0 Å². The van der Waals surface area contributed by atoms with E-state index in [1.807, 2.05) is 0 Å². The third-order valence-electron chi connectivity index (χ3n) is 1.70. The zero-order valence-corrected chi connectivity index (χ0v) is 8.26. The minimum absolute atomic E-state index is 0.310. The van der Waals surface area contributed by atoms with Gasteiger partial charge in [0, 0.05) is 11.5 Å². The van der Waals surface area contributed by atoms with Crippen LogP contribution in [0.25, 0.3) is 0 Å². The largest absolute Gasteiger partial charge is 0.387 e. The fourth-order valence-corrected chi connectivity index (χ4v) is 1.77. The van der Waals surface area contributed by atoms with Gasteiger partial charge in [-0.25, -0.2) is 0 Å². The first-order valence-corrected chi connectivity index (χ1v) is 4.83. The standard InChI is InChI=1S/C6H11IO4/c1-10-6-5(9)4(8)3(2-7)11-6/h3-6,8-9H,2H2,1H3/t3-,4+,5-,6-/m1/s1. The van der Waals surface area contributed by atoms with Crippen LogP contribution in [0.2, 0.25) is 0 Å². The summed E-state index contributed by atoms with van der Waals surface area (Å²) in [5, 5.41) is 18.6. The van der Waals surface area contributed by atoms with E-state index in [0.29, 0.717) is 4.43 Å². The molecule has 2 N–H and O–H groups in total. The summed E-state index contributed by atoms with van der Waals surface area (Å²) in [6.45, 7) is 0. The topological polar surface area (TPSA) is 58.9 Å². The van der Waals surface area contributed by atoms with Gasteiger partial charge in [0.2, 0.25) is 0 Å². The van der Waals surface area contributed by atoms with Crippen molar-refractivity contribution in [1.29, 1.82) is 0 Å². The molecule has 1 fully saturated rings. The molecule has 0 spiro atoms. The Morgan fingerprint density at radius 2 is 2.09 bits per heavy atom. The van der Waals surface area contributed by atoms with Crippen molar-refractivity contribution in [3.8, 4) is 0 Å². The second kappa shape index (κ2) is 3.99. The first-order chi connectivity index (χ1) is 5.20. The first-order valence-electron chi connectivity index (χ1n) is 3.31. The molecule has 0 aliphatic carbocycles. The van der Waals surface area contributed by atoms with E-state index in [1.54, 1.807) is 0 Å². The predicted molar refractivity (Wildman–Crippen MR) is 46.6 cm³/mol. The third kappa shape index (κ3) is 1.83. The zero-order chi connectivity index (χ0) is 8.43. The summed E-state index contributed by atoms with van der Waals surface area (Å²) in [5.41, 5.74) is 0. The number of aliphatic hydroxyl groups excluding tert-OH is 2. The summed E-state index contributed by atoms with van der Waals surface area (Å²) in [5.74, 6) is 0. The second-order valence-electron chi connectivity index (χ2n) is 2.41. The number of methoxy groups -OCH3 is 1. The number of hydrogen-bond acceptors (Lipinski definition) is 4. The van der Waals surface area contributed by atoms with E-state index >= 15 is 0 Å². The van der Waals surface area contributed by atoms with E-state index in [2.05, 4.69) is 22.6 Å². The number of rotatable bonds is 2. The Morgan fingerprint density at radius 3 is 2.36 bits per heavy atom. The first kappa shape index (κ1) is 9.66. The molecule has 66 valence electrons. The maximum atomic E-state index is 9.30. The van der Waals surface area contributed by atoms with E-state index in [4.69, 9.17) is 9.47 Å².